The van der Waals surface area contributed by atoms with E-state index in [2.05, 4.69) is 4.55 Å². The third-order valence-corrected chi connectivity index (χ3v) is 57.8. The van der Waals surface area contributed by atoms with Crippen molar-refractivity contribution in [2.24, 2.45) is 0 Å². The van der Waals surface area contributed by atoms with Crippen molar-refractivity contribution >= 4 is 10.9 Å². The zero-order valence-electron chi connectivity index (χ0n) is 27.3. The Kier molecular flexibility index (Phi) is 12.3. The SMILES string of the molecule is C=[CH][Pd]([PH](C1CCCCC1)(C1CCCCC1)C1CCCCC1)[PH](C1CCCCC1)(C1CCCCC1)C1CCCCC1. The molecule has 6 fully saturated rings. The van der Waals surface area contributed by atoms with E-state index in [-0.39, 0.29) is 0 Å². The average Bonchev–Trinajstić information content (AvgIpc) is 3.07. The first-order valence-electron chi connectivity index (χ1n) is 19.5. The fraction of sp³-hybridized carbons (Fsp3) is 0.947. The Bertz CT molecular complexity index is 621. The monoisotopic (exact) mass is 695 g/mol. The van der Waals surface area contributed by atoms with Gasteiger partial charge in [0.05, 0.1) is 0 Å². The van der Waals surface area contributed by atoms with Gasteiger partial charge in [-0.1, -0.05) is 0 Å². The molecule has 6 aliphatic carbocycles. The number of hydrogen-bond acceptors (Lipinski definition) is 0. The summed E-state index contributed by atoms with van der Waals surface area (Å²) in [6.45, 7) is 5.18. The van der Waals surface area contributed by atoms with E-state index in [9.17, 15) is 0 Å². The second-order valence-electron chi connectivity index (χ2n) is 15.9. The van der Waals surface area contributed by atoms with Gasteiger partial charge >= 0.3 is 264 Å². The summed E-state index contributed by atoms with van der Waals surface area (Å²) in [6.07, 6.45) is 48.6. The van der Waals surface area contributed by atoms with E-state index in [1.54, 1.807) is 193 Å². The van der Waals surface area contributed by atoms with Crippen molar-refractivity contribution in [2.45, 2.75) is 227 Å². The van der Waals surface area contributed by atoms with Crippen LogP contribution < -0.4 is 0 Å². The molecule has 0 aromatic rings. The van der Waals surface area contributed by atoms with Gasteiger partial charge in [0.15, 0.2) is 0 Å². The van der Waals surface area contributed by atoms with Crippen molar-refractivity contribution in [3.05, 3.63) is 11.1 Å². The molecule has 3 heteroatoms. The molecule has 0 unspecified atom stereocenters. The van der Waals surface area contributed by atoms with Crippen LogP contribution in [0.3, 0.4) is 0 Å². The van der Waals surface area contributed by atoms with Crippen LogP contribution in [0.2, 0.25) is 0 Å². The quantitative estimate of drug-likeness (QED) is 0.166. The van der Waals surface area contributed by atoms with Crippen molar-refractivity contribution in [1.82, 2.24) is 0 Å². The van der Waals surface area contributed by atoms with E-state index in [1.807, 2.05) is 0 Å². The summed E-state index contributed by atoms with van der Waals surface area (Å²) in [5.41, 5.74) is 4.17. The van der Waals surface area contributed by atoms with Crippen LogP contribution in [-0.4, -0.2) is 34.0 Å². The fourth-order valence-electron chi connectivity index (χ4n) is 12.5. The Hall–Kier alpha value is 1.26. The Balaban J connectivity index is 1.57. The zero-order chi connectivity index (χ0) is 28.0. The molecule has 6 saturated carbocycles. The van der Waals surface area contributed by atoms with E-state index in [0.717, 1.165) is 0 Å². The standard InChI is InChI=1S/2C18H33P.C2H3.Pd/c2*1-4-10-16(11-5-1)19(17-12-6-2-7-13-17)18-14-8-3-9-15-18;1-2;/h2*16-18H,1-15H2;1H,2H2;/q;;;-2/p+2. The first-order chi connectivity index (χ1) is 20.3. The van der Waals surface area contributed by atoms with Gasteiger partial charge < -0.3 is 0 Å². The van der Waals surface area contributed by atoms with Gasteiger partial charge in [-0.05, 0) is 0 Å². The zero-order valence-corrected chi connectivity index (χ0v) is 30.8. The molecule has 243 valence electrons. The summed E-state index contributed by atoms with van der Waals surface area (Å²) in [6, 6.07) is 0. The first-order valence-corrected chi connectivity index (χ1v) is 29.2. The molecule has 6 rings (SSSR count). The van der Waals surface area contributed by atoms with Gasteiger partial charge in [-0.3, -0.25) is 0 Å². The minimum absolute atomic E-state index is 0.763. The van der Waals surface area contributed by atoms with E-state index in [4.69, 9.17) is 6.58 Å². The molecular weight excluding hydrogens is 625 g/mol. The molecule has 0 amide bonds. The summed E-state index contributed by atoms with van der Waals surface area (Å²) in [7, 11) is 0. The molecule has 0 nitrogen and oxygen atoms in total. The van der Waals surface area contributed by atoms with Gasteiger partial charge in [0, 0.05) is 0 Å². The van der Waals surface area contributed by atoms with Crippen molar-refractivity contribution < 1.29 is 15.8 Å². The molecule has 0 spiro atoms. The predicted molar refractivity (Wildman–Crippen MR) is 188 cm³/mol. The predicted octanol–water partition coefficient (Wildman–Crippen LogP) is 13.1. The van der Waals surface area contributed by atoms with Crippen LogP contribution in [0, 0.1) is 0 Å². The summed E-state index contributed by atoms with van der Waals surface area (Å²) in [5.74, 6) is 0. The van der Waals surface area contributed by atoms with Crippen molar-refractivity contribution in [1.29, 1.82) is 0 Å². The molecule has 0 radical (unpaired) electrons. The molecule has 0 aromatic heterocycles. The third-order valence-electron chi connectivity index (χ3n) is 14.0. The number of hydrogen-bond donors (Lipinski definition) is 0. The molecule has 41 heavy (non-hydrogen) atoms. The second-order valence-corrected chi connectivity index (χ2v) is 39.8. The van der Waals surface area contributed by atoms with Gasteiger partial charge in [-0.2, -0.15) is 0 Å². The van der Waals surface area contributed by atoms with E-state index in [1.165, 1.54) is 34.0 Å². The Morgan fingerprint density at radius 3 is 0.634 bits per heavy atom. The Morgan fingerprint density at radius 2 is 0.488 bits per heavy atom. The van der Waals surface area contributed by atoms with E-state index >= 15 is 0 Å². The molecule has 0 aromatic carbocycles. The molecule has 0 heterocycles. The van der Waals surface area contributed by atoms with Crippen molar-refractivity contribution in [3.63, 3.8) is 0 Å². The summed E-state index contributed by atoms with van der Waals surface area (Å²) < 4.78 is 3.04. The van der Waals surface area contributed by atoms with Gasteiger partial charge in [0.2, 0.25) is 0 Å². The topological polar surface area (TPSA) is 0 Å². The second kappa shape index (κ2) is 15.7. The van der Waals surface area contributed by atoms with Crippen LogP contribution in [0.1, 0.15) is 193 Å². The molecule has 0 aliphatic heterocycles. The van der Waals surface area contributed by atoms with Gasteiger partial charge in [-0.25, -0.2) is 0 Å². The van der Waals surface area contributed by atoms with Gasteiger partial charge in [0.25, 0.3) is 0 Å². The maximum absolute atomic E-state index is 5.18. The van der Waals surface area contributed by atoms with Crippen LogP contribution in [0.25, 0.3) is 0 Å². The third kappa shape index (κ3) is 6.46. The molecule has 0 atom stereocenters. The summed E-state index contributed by atoms with van der Waals surface area (Å²) >= 11 is -0.763. The van der Waals surface area contributed by atoms with Gasteiger partial charge in [0.1, 0.15) is 0 Å². The van der Waals surface area contributed by atoms with Crippen molar-refractivity contribution in [2.75, 3.05) is 0 Å². The molecular formula is C38H71P2Pd. The molecule has 0 N–H and O–H groups in total. The summed E-state index contributed by atoms with van der Waals surface area (Å²) in [4.78, 5) is 0. The summed E-state index contributed by atoms with van der Waals surface area (Å²) in [5, 5.41) is 0. The van der Waals surface area contributed by atoms with Crippen LogP contribution in [0.4, 0.5) is 0 Å². The van der Waals surface area contributed by atoms with Gasteiger partial charge in [-0.15, -0.1) is 0 Å². The average molecular weight is 696 g/mol. The van der Waals surface area contributed by atoms with E-state index < -0.39 is 26.7 Å². The van der Waals surface area contributed by atoms with Crippen LogP contribution >= 0.6 is 10.9 Å². The fourth-order valence-corrected chi connectivity index (χ4v) is 75.9. The minimum atomic E-state index is -1.55. The van der Waals surface area contributed by atoms with Crippen LogP contribution in [0.15, 0.2) is 11.1 Å². The molecule has 0 bridgehead atoms. The van der Waals surface area contributed by atoms with Crippen molar-refractivity contribution in [3.8, 4) is 0 Å². The first kappa shape index (κ1) is 32.2. The number of rotatable bonds is 9. The molecule has 0 saturated heterocycles. The van der Waals surface area contributed by atoms with Crippen LogP contribution in [-0.2, 0) is 15.8 Å². The van der Waals surface area contributed by atoms with E-state index in [0.29, 0.717) is 0 Å². The Morgan fingerprint density at radius 1 is 0.317 bits per heavy atom. The van der Waals surface area contributed by atoms with Crippen LogP contribution in [0.5, 0.6) is 0 Å². The maximum atomic E-state index is 5.18. The molecule has 6 aliphatic rings. The Labute approximate surface area is 263 Å². The normalized spacial score (nSPS) is 29.7.